The molecule has 36 heavy (non-hydrogen) atoms. The van der Waals surface area contributed by atoms with Crippen LogP contribution < -0.4 is 4.90 Å². The second-order valence-electron chi connectivity index (χ2n) is 8.25. The molecule has 0 spiro atoms. The fraction of sp³-hybridized carbons (Fsp3) is 0.154. The molecule has 1 fully saturated rings. The van der Waals surface area contributed by atoms with Gasteiger partial charge in [-0.25, -0.2) is 0 Å². The summed E-state index contributed by atoms with van der Waals surface area (Å²) in [7, 11) is 0. The summed E-state index contributed by atoms with van der Waals surface area (Å²) in [5.74, 6) is 1.00. The summed E-state index contributed by atoms with van der Waals surface area (Å²) >= 11 is 1.52. The number of imide groups is 1. The highest BCUT2D eigenvalue weighted by Gasteiger charge is 2.30. The second-order valence-corrected chi connectivity index (χ2v) is 9.19. The monoisotopic (exact) mass is 499 g/mol. The minimum Gasteiger partial charge on any atom is -0.274 e. The average Bonchev–Trinajstić information content (AvgIpc) is 3.45. The van der Waals surface area contributed by atoms with Crippen molar-refractivity contribution in [3.05, 3.63) is 106 Å². The maximum atomic E-state index is 12.0. The standard InChI is InChI=1S/C26H21N5O4S/c32-24-14-15-25(33)30(24)21-10-8-19(9-11-21)17-36-26-28-27-23(29(26)20-4-2-1-3-5-20)16-18-6-12-22(13-7-18)31(34)35/h1-13H,14-17H2. The molecular formula is C26H21N5O4S. The molecule has 180 valence electrons. The lowest BCUT2D eigenvalue weighted by molar-refractivity contribution is -0.384. The first-order valence-corrected chi connectivity index (χ1v) is 12.3. The van der Waals surface area contributed by atoms with Gasteiger partial charge in [-0.2, -0.15) is 0 Å². The van der Waals surface area contributed by atoms with Crippen molar-refractivity contribution in [2.75, 3.05) is 4.90 Å². The molecule has 4 aromatic rings. The molecule has 0 unspecified atom stereocenters. The number of anilines is 1. The number of nitrogens with zero attached hydrogens (tertiary/aromatic N) is 5. The van der Waals surface area contributed by atoms with E-state index in [9.17, 15) is 19.7 Å². The SMILES string of the molecule is O=C1CCC(=O)N1c1ccc(CSc2nnc(Cc3ccc([N+](=O)[O-])cc3)n2-c2ccccc2)cc1. The molecule has 0 radical (unpaired) electrons. The number of non-ortho nitro benzene ring substituents is 1. The van der Waals surface area contributed by atoms with Gasteiger partial charge in [0.25, 0.3) is 5.69 Å². The first kappa shape index (κ1) is 23.4. The smallest absolute Gasteiger partial charge is 0.269 e. The highest BCUT2D eigenvalue weighted by Crippen LogP contribution is 2.28. The van der Waals surface area contributed by atoms with Crippen LogP contribution in [0.5, 0.6) is 0 Å². The van der Waals surface area contributed by atoms with Gasteiger partial charge in [-0.05, 0) is 35.4 Å². The molecule has 0 atom stereocenters. The Labute approximate surface area is 210 Å². The van der Waals surface area contributed by atoms with Gasteiger partial charge < -0.3 is 0 Å². The van der Waals surface area contributed by atoms with Crippen LogP contribution in [0.4, 0.5) is 11.4 Å². The minimum absolute atomic E-state index is 0.0454. The molecule has 1 aliphatic heterocycles. The normalized spacial score (nSPS) is 13.4. The Kier molecular flexibility index (Phi) is 6.59. The van der Waals surface area contributed by atoms with Crippen LogP contribution in [0.3, 0.4) is 0 Å². The van der Waals surface area contributed by atoms with E-state index in [1.807, 2.05) is 47.0 Å². The van der Waals surface area contributed by atoms with Gasteiger partial charge in [0.05, 0.1) is 10.6 Å². The van der Waals surface area contributed by atoms with Crippen LogP contribution in [-0.4, -0.2) is 31.5 Å². The van der Waals surface area contributed by atoms with Gasteiger partial charge in [0.15, 0.2) is 5.16 Å². The summed E-state index contributed by atoms with van der Waals surface area (Å²) in [6, 6.07) is 23.6. The van der Waals surface area contributed by atoms with Crippen molar-refractivity contribution in [1.29, 1.82) is 0 Å². The summed E-state index contributed by atoms with van der Waals surface area (Å²) in [6.45, 7) is 0. The Balaban J connectivity index is 1.36. The molecule has 1 aliphatic rings. The number of para-hydroxylation sites is 1. The van der Waals surface area contributed by atoms with Crippen LogP contribution in [0.2, 0.25) is 0 Å². The van der Waals surface area contributed by atoms with Crippen molar-refractivity contribution in [3.63, 3.8) is 0 Å². The van der Waals surface area contributed by atoms with Gasteiger partial charge in [-0.3, -0.25) is 29.2 Å². The molecule has 3 aromatic carbocycles. The summed E-state index contributed by atoms with van der Waals surface area (Å²) in [5, 5.41) is 20.5. The fourth-order valence-corrected chi connectivity index (χ4v) is 4.94. The molecule has 2 amide bonds. The van der Waals surface area contributed by atoms with E-state index in [1.165, 1.54) is 28.8 Å². The summed E-state index contributed by atoms with van der Waals surface area (Å²) < 4.78 is 1.99. The molecule has 1 saturated heterocycles. The number of nitro benzene ring substituents is 1. The average molecular weight is 500 g/mol. The van der Waals surface area contributed by atoms with Crippen molar-refractivity contribution < 1.29 is 14.5 Å². The molecular weight excluding hydrogens is 478 g/mol. The largest absolute Gasteiger partial charge is 0.274 e. The molecule has 9 nitrogen and oxygen atoms in total. The van der Waals surface area contributed by atoms with Crippen molar-refractivity contribution in [2.24, 2.45) is 0 Å². The third-order valence-electron chi connectivity index (χ3n) is 5.84. The number of nitro groups is 1. The van der Waals surface area contributed by atoms with Crippen molar-refractivity contribution in [1.82, 2.24) is 14.8 Å². The van der Waals surface area contributed by atoms with E-state index < -0.39 is 4.92 Å². The minimum atomic E-state index is -0.418. The van der Waals surface area contributed by atoms with Gasteiger partial charge in [0.2, 0.25) is 11.8 Å². The number of aromatic nitrogens is 3. The fourth-order valence-electron chi connectivity index (χ4n) is 4.02. The quantitative estimate of drug-likeness (QED) is 0.149. The van der Waals surface area contributed by atoms with E-state index >= 15 is 0 Å². The topological polar surface area (TPSA) is 111 Å². The van der Waals surface area contributed by atoms with Crippen molar-refractivity contribution >= 4 is 35.0 Å². The maximum absolute atomic E-state index is 12.0. The summed E-state index contributed by atoms with van der Waals surface area (Å²) in [5.41, 5.74) is 3.46. The number of benzene rings is 3. The number of thioether (sulfide) groups is 1. The number of hydrogen-bond donors (Lipinski definition) is 0. The Morgan fingerprint density at radius 1 is 0.806 bits per heavy atom. The zero-order valence-electron chi connectivity index (χ0n) is 19.1. The predicted molar refractivity (Wildman–Crippen MR) is 135 cm³/mol. The number of carbonyl (C=O) groups excluding carboxylic acids is 2. The van der Waals surface area contributed by atoms with Crippen LogP contribution in [0.15, 0.2) is 84.0 Å². The number of amides is 2. The first-order valence-electron chi connectivity index (χ1n) is 11.3. The lowest BCUT2D eigenvalue weighted by Crippen LogP contribution is -2.28. The van der Waals surface area contributed by atoms with E-state index in [0.717, 1.165) is 22.6 Å². The number of carbonyl (C=O) groups is 2. The van der Waals surface area contributed by atoms with E-state index in [4.69, 9.17) is 0 Å². The predicted octanol–water partition coefficient (Wildman–Crippen LogP) is 4.71. The summed E-state index contributed by atoms with van der Waals surface area (Å²) in [6.07, 6.45) is 0.981. The van der Waals surface area contributed by atoms with E-state index in [1.54, 1.807) is 24.3 Å². The van der Waals surface area contributed by atoms with Gasteiger partial charge in [0.1, 0.15) is 5.82 Å². The van der Waals surface area contributed by atoms with Gasteiger partial charge in [-0.15, -0.1) is 10.2 Å². The third-order valence-corrected chi connectivity index (χ3v) is 6.84. The third kappa shape index (κ3) is 4.89. The van der Waals surface area contributed by atoms with Gasteiger partial charge in [-0.1, -0.05) is 54.2 Å². The van der Waals surface area contributed by atoms with Crippen LogP contribution in [0, 0.1) is 10.1 Å². The van der Waals surface area contributed by atoms with Crippen LogP contribution in [0.25, 0.3) is 5.69 Å². The van der Waals surface area contributed by atoms with Crippen molar-refractivity contribution in [3.8, 4) is 5.69 Å². The lowest BCUT2D eigenvalue weighted by Gasteiger charge is -2.14. The van der Waals surface area contributed by atoms with E-state index in [2.05, 4.69) is 10.2 Å². The molecule has 10 heteroatoms. The van der Waals surface area contributed by atoms with Gasteiger partial charge >= 0.3 is 0 Å². The van der Waals surface area contributed by atoms with Gasteiger partial charge in [0, 0.05) is 42.8 Å². The first-order chi connectivity index (χ1) is 17.5. The Morgan fingerprint density at radius 2 is 1.44 bits per heavy atom. The highest BCUT2D eigenvalue weighted by atomic mass is 32.2. The Morgan fingerprint density at radius 3 is 2.08 bits per heavy atom. The highest BCUT2D eigenvalue weighted by molar-refractivity contribution is 7.98. The van der Waals surface area contributed by atoms with Crippen LogP contribution in [-0.2, 0) is 21.8 Å². The molecule has 1 aromatic heterocycles. The molecule has 0 N–H and O–H groups in total. The van der Waals surface area contributed by atoms with Crippen LogP contribution in [0.1, 0.15) is 29.8 Å². The number of hydrogen-bond acceptors (Lipinski definition) is 7. The van der Waals surface area contributed by atoms with Crippen molar-refractivity contribution in [2.45, 2.75) is 30.2 Å². The molecule has 0 saturated carbocycles. The van der Waals surface area contributed by atoms with E-state index in [0.29, 0.717) is 23.0 Å². The zero-order valence-corrected chi connectivity index (χ0v) is 19.9. The maximum Gasteiger partial charge on any atom is 0.269 e. The molecule has 5 rings (SSSR count). The molecule has 2 heterocycles. The second kappa shape index (κ2) is 10.1. The molecule has 0 bridgehead atoms. The van der Waals surface area contributed by atoms with E-state index in [-0.39, 0.29) is 30.3 Å². The summed E-state index contributed by atoms with van der Waals surface area (Å²) in [4.78, 5) is 35.8. The molecule has 0 aliphatic carbocycles. The Bertz CT molecular complexity index is 1400. The lowest BCUT2D eigenvalue weighted by atomic mass is 10.1. The number of rotatable bonds is 8. The van der Waals surface area contributed by atoms with Crippen LogP contribution >= 0.6 is 11.8 Å². The zero-order chi connectivity index (χ0) is 25.1. The Hall–Kier alpha value is -4.31.